The van der Waals surface area contributed by atoms with E-state index in [1.807, 2.05) is 36.7 Å². The molecule has 28 heavy (non-hydrogen) atoms. The van der Waals surface area contributed by atoms with Crippen LogP contribution in [0.2, 0.25) is 0 Å². The van der Waals surface area contributed by atoms with Crippen LogP contribution in [0.25, 0.3) is 0 Å². The van der Waals surface area contributed by atoms with Crippen molar-refractivity contribution in [1.29, 1.82) is 0 Å². The van der Waals surface area contributed by atoms with E-state index in [1.165, 1.54) is 0 Å². The second kappa shape index (κ2) is 9.75. The molecule has 0 saturated carbocycles. The molecule has 1 fully saturated rings. The first-order valence-electron chi connectivity index (χ1n) is 9.48. The van der Waals surface area contributed by atoms with Crippen molar-refractivity contribution in [2.45, 2.75) is 19.4 Å². The molecule has 1 aromatic heterocycles. The number of carbonyl (C=O) groups excluding carboxylic acids is 1. The molecule has 2 aromatic rings. The Morgan fingerprint density at radius 3 is 2.82 bits per heavy atom. The Morgan fingerprint density at radius 1 is 1.25 bits per heavy atom. The van der Waals surface area contributed by atoms with Crippen LogP contribution in [0, 0.1) is 0 Å². The molecular weight excluding hydrogens is 376 g/mol. The number of hydrogen-bond acceptors (Lipinski definition) is 7. The predicted molar refractivity (Wildman–Crippen MR) is 111 cm³/mol. The lowest BCUT2D eigenvalue weighted by atomic mass is 10.1. The highest BCUT2D eigenvalue weighted by Crippen LogP contribution is 2.29. The molecule has 1 aromatic carbocycles. The smallest absolute Gasteiger partial charge is 0.234 e. The standard InChI is InChI=1S/C20H28N4O3S/c1-15(17-13-16(26-2)5-6-18(17)27-3)22-19(25)14-23-8-4-9-24(11-10-23)20-21-7-12-28-20/h5-7,12-13,15H,4,8-11,14H2,1-3H3,(H,22,25)/t15-/m1/s1. The fourth-order valence-electron chi connectivity index (χ4n) is 3.44. The van der Waals surface area contributed by atoms with Crippen molar-refractivity contribution in [2.24, 2.45) is 0 Å². The molecule has 1 amide bonds. The Bertz CT molecular complexity index is 769. The highest BCUT2D eigenvalue weighted by molar-refractivity contribution is 7.13. The molecule has 152 valence electrons. The summed E-state index contributed by atoms with van der Waals surface area (Å²) >= 11 is 1.66. The van der Waals surface area contributed by atoms with Crippen molar-refractivity contribution in [3.8, 4) is 11.5 Å². The van der Waals surface area contributed by atoms with Crippen molar-refractivity contribution < 1.29 is 14.3 Å². The molecule has 0 spiro atoms. The highest BCUT2D eigenvalue weighted by Gasteiger charge is 2.20. The average Bonchev–Trinajstić information content (AvgIpc) is 3.14. The number of carbonyl (C=O) groups is 1. The van der Waals surface area contributed by atoms with Crippen LogP contribution in [0.15, 0.2) is 29.8 Å². The lowest BCUT2D eigenvalue weighted by Gasteiger charge is -2.23. The van der Waals surface area contributed by atoms with Gasteiger partial charge in [0.05, 0.1) is 26.8 Å². The van der Waals surface area contributed by atoms with E-state index >= 15 is 0 Å². The molecule has 1 N–H and O–H groups in total. The number of hydrogen-bond donors (Lipinski definition) is 1. The summed E-state index contributed by atoms with van der Waals surface area (Å²) in [6.07, 6.45) is 2.86. The third-order valence-electron chi connectivity index (χ3n) is 4.93. The van der Waals surface area contributed by atoms with Crippen molar-refractivity contribution in [3.63, 3.8) is 0 Å². The number of nitrogens with one attached hydrogen (secondary N) is 1. The van der Waals surface area contributed by atoms with E-state index in [0.717, 1.165) is 54.8 Å². The van der Waals surface area contributed by atoms with Crippen molar-refractivity contribution in [2.75, 3.05) is 51.8 Å². The summed E-state index contributed by atoms with van der Waals surface area (Å²) in [6, 6.07) is 5.44. The molecule has 2 heterocycles. The molecule has 7 nitrogen and oxygen atoms in total. The number of rotatable bonds is 7. The summed E-state index contributed by atoms with van der Waals surface area (Å²) in [5.74, 6) is 1.49. The Kier molecular flexibility index (Phi) is 7.11. The molecule has 1 saturated heterocycles. The second-order valence-corrected chi connectivity index (χ2v) is 7.70. The van der Waals surface area contributed by atoms with Gasteiger partial charge in [-0.05, 0) is 31.5 Å². The zero-order valence-corrected chi connectivity index (χ0v) is 17.5. The van der Waals surface area contributed by atoms with Crippen LogP contribution in [0.5, 0.6) is 11.5 Å². The Labute approximate surface area is 170 Å². The molecule has 0 unspecified atom stereocenters. The maximum absolute atomic E-state index is 12.6. The van der Waals surface area contributed by atoms with Crippen LogP contribution in [-0.2, 0) is 4.79 Å². The molecule has 8 heteroatoms. The maximum Gasteiger partial charge on any atom is 0.234 e. The predicted octanol–water partition coefficient (Wildman–Crippen LogP) is 2.55. The first-order chi connectivity index (χ1) is 13.6. The highest BCUT2D eigenvalue weighted by atomic mass is 32.1. The summed E-state index contributed by atoms with van der Waals surface area (Å²) in [7, 11) is 3.26. The van der Waals surface area contributed by atoms with E-state index in [2.05, 4.69) is 20.1 Å². The number of thiazole rings is 1. The van der Waals surface area contributed by atoms with E-state index in [9.17, 15) is 4.79 Å². The normalized spacial score (nSPS) is 16.3. The topological polar surface area (TPSA) is 66.9 Å². The van der Waals surface area contributed by atoms with Crippen LogP contribution >= 0.6 is 11.3 Å². The van der Waals surface area contributed by atoms with E-state index in [0.29, 0.717) is 6.54 Å². The summed E-state index contributed by atoms with van der Waals surface area (Å²) in [6.45, 7) is 5.98. The van der Waals surface area contributed by atoms with E-state index in [-0.39, 0.29) is 11.9 Å². The molecule has 3 rings (SSSR count). The number of ether oxygens (including phenoxy) is 2. The molecule has 1 aliphatic rings. The quantitative estimate of drug-likeness (QED) is 0.765. The van der Waals surface area contributed by atoms with E-state index < -0.39 is 0 Å². The molecule has 0 radical (unpaired) electrons. The fraction of sp³-hybridized carbons (Fsp3) is 0.500. The monoisotopic (exact) mass is 404 g/mol. The molecule has 1 aliphatic heterocycles. The van der Waals surface area contributed by atoms with Gasteiger partial charge in [0.1, 0.15) is 11.5 Å². The summed E-state index contributed by atoms with van der Waals surface area (Å²) in [5.41, 5.74) is 0.904. The summed E-state index contributed by atoms with van der Waals surface area (Å²) in [4.78, 5) is 21.5. The Morgan fingerprint density at radius 2 is 2.11 bits per heavy atom. The lowest BCUT2D eigenvalue weighted by Crippen LogP contribution is -2.40. The number of amides is 1. The van der Waals surface area contributed by atoms with Gasteiger partial charge in [-0.15, -0.1) is 11.3 Å². The van der Waals surface area contributed by atoms with Crippen molar-refractivity contribution >= 4 is 22.4 Å². The zero-order chi connectivity index (χ0) is 19.9. The van der Waals surface area contributed by atoms with E-state index in [4.69, 9.17) is 9.47 Å². The number of benzene rings is 1. The van der Waals surface area contributed by atoms with Crippen LogP contribution < -0.4 is 19.7 Å². The summed E-state index contributed by atoms with van der Waals surface area (Å²) in [5, 5.41) is 6.15. The van der Waals surface area contributed by atoms with Crippen molar-refractivity contribution in [3.05, 3.63) is 35.3 Å². The SMILES string of the molecule is COc1ccc(OC)c([C@@H](C)NC(=O)CN2CCCN(c3nccs3)CC2)c1. The third-order valence-corrected chi connectivity index (χ3v) is 5.76. The van der Waals surface area contributed by atoms with Gasteiger partial charge in [-0.2, -0.15) is 0 Å². The van der Waals surface area contributed by atoms with Gasteiger partial charge in [0.2, 0.25) is 5.91 Å². The molecule has 0 aliphatic carbocycles. The number of nitrogens with zero attached hydrogens (tertiary/aromatic N) is 3. The molecule has 0 bridgehead atoms. The minimum absolute atomic E-state index is 0.0140. The van der Waals surface area contributed by atoms with Gasteiger partial charge in [-0.1, -0.05) is 0 Å². The first-order valence-corrected chi connectivity index (χ1v) is 10.4. The van der Waals surface area contributed by atoms with Gasteiger partial charge in [0, 0.05) is 43.3 Å². The van der Waals surface area contributed by atoms with Gasteiger partial charge >= 0.3 is 0 Å². The van der Waals surface area contributed by atoms with Gasteiger partial charge in [0.15, 0.2) is 5.13 Å². The van der Waals surface area contributed by atoms with Crippen LogP contribution in [0.3, 0.4) is 0 Å². The van der Waals surface area contributed by atoms with Gasteiger partial charge in [-0.3, -0.25) is 9.69 Å². The average molecular weight is 405 g/mol. The fourth-order valence-corrected chi connectivity index (χ4v) is 4.13. The van der Waals surface area contributed by atoms with Gasteiger partial charge < -0.3 is 19.7 Å². The second-order valence-electron chi connectivity index (χ2n) is 6.83. The molecule has 1 atom stereocenters. The van der Waals surface area contributed by atoms with Crippen LogP contribution in [0.4, 0.5) is 5.13 Å². The van der Waals surface area contributed by atoms with Gasteiger partial charge in [0.25, 0.3) is 0 Å². The minimum atomic E-state index is -0.170. The number of anilines is 1. The number of methoxy groups -OCH3 is 2. The first kappa shape index (κ1) is 20.4. The third kappa shape index (κ3) is 5.14. The van der Waals surface area contributed by atoms with Gasteiger partial charge in [-0.25, -0.2) is 4.98 Å². The van der Waals surface area contributed by atoms with Crippen molar-refractivity contribution in [1.82, 2.24) is 15.2 Å². The maximum atomic E-state index is 12.6. The van der Waals surface area contributed by atoms with Crippen LogP contribution in [0.1, 0.15) is 24.9 Å². The largest absolute Gasteiger partial charge is 0.497 e. The minimum Gasteiger partial charge on any atom is -0.497 e. The molecular formula is C20H28N4O3S. The van der Waals surface area contributed by atoms with Crippen LogP contribution in [-0.4, -0.2) is 62.7 Å². The Balaban J connectivity index is 1.55. The number of aromatic nitrogens is 1. The van der Waals surface area contributed by atoms with E-state index in [1.54, 1.807) is 25.6 Å². The Hall–Kier alpha value is -2.32. The summed E-state index contributed by atoms with van der Waals surface area (Å²) < 4.78 is 10.7. The lowest BCUT2D eigenvalue weighted by molar-refractivity contribution is -0.122. The zero-order valence-electron chi connectivity index (χ0n) is 16.7.